The van der Waals surface area contributed by atoms with Crippen molar-refractivity contribution in [3.05, 3.63) is 16.7 Å². The summed E-state index contributed by atoms with van der Waals surface area (Å²) in [4.78, 5) is 13.4. The zero-order valence-corrected chi connectivity index (χ0v) is 21.7. The van der Waals surface area contributed by atoms with Crippen LogP contribution in [0, 0.1) is 13.8 Å². The number of hydrogen-bond acceptors (Lipinski definition) is 12. The molecule has 198 valence electrons. The third-order valence-corrected chi connectivity index (χ3v) is 7.65. The first-order chi connectivity index (χ1) is 16.6. The molecule has 1 aromatic rings. The second kappa shape index (κ2) is 11.6. The highest BCUT2D eigenvalue weighted by Crippen LogP contribution is 2.47. The number of epoxide rings is 1. The minimum atomic E-state index is -1.43. The number of carbonyl (C=O) groups excluding carboxylic acids is 1. The van der Waals surface area contributed by atoms with Crippen LogP contribution < -0.4 is 14.2 Å². The number of thioether (sulfide) groups is 1. The van der Waals surface area contributed by atoms with Gasteiger partial charge in [0, 0.05) is 20.6 Å². The van der Waals surface area contributed by atoms with Crippen LogP contribution in [0.4, 0.5) is 0 Å². The molecule has 2 fully saturated rings. The van der Waals surface area contributed by atoms with E-state index in [9.17, 15) is 20.1 Å². The smallest absolute Gasteiger partial charge is 0.226 e. The van der Waals surface area contributed by atoms with Gasteiger partial charge >= 0.3 is 0 Å². The van der Waals surface area contributed by atoms with Gasteiger partial charge in [-0.05, 0) is 31.9 Å². The summed E-state index contributed by atoms with van der Waals surface area (Å²) in [5.41, 5.74) is 1.34. The Morgan fingerprint density at radius 1 is 1.03 bits per heavy atom. The quantitative estimate of drug-likeness (QED) is 0.301. The molecule has 8 atom stereocenters. The first-order valence-corrected chi connectivity index (χ1v) is 12.0. The van der Waals surface area contributed by atoms with Crippen molar-refractivity contribution in [1.82, 2.24) is 0 Å². The lowest BCUT2D eigenvalue weighted by atomic mass is 10.0. The molecule has 0 spiro atoms. The average Bonchev–Trinajstić information content (AvgIpc) is 3.58. The first-order valence-electron chi connectivity index (χ1n) is 11.1. The number of rotatable bonds is 10. The summed E-state index contributed by atoms with van der Waals surface area (Å²) in [7, 11) is 5.70. The average molecular weight is 519 g/mol. The molecule has 12 heteroatoms. The fourth-order valence-corrected chi connectivity index (χ4v) is 5.34. The number of carbonyl (C=O) groups is 1. The van der Waals surface area contributed by atoms with Gasteiger partial charge in [-0.1, -0.05) is 11.8 Å². The van der Waals surface area contributed by atoms with Crippen molar-refractivity contribution in [2.45, 2.75) is 75.7 Å². The van der Waals surface area contributed by atoms with Crippen LogP contribution in [-0.2, 0) is 18.9 Å². The van der Waals surface area contributed by atoms with Gasteiger partial charge < -0.3 is 48.5 Å². The van der Waals surface area contributed by atoms with Crippen LogP contribution in [0.2, 0.25) is 0 Å². The number of ether oxygens (including phenoxy) is 7. The minimum Gasteiger partial charge on any atom is -0.492 e. The van der Waals surface area contributed by atoms with Crippen LogP contribution in [-0.4, -0.2) is 97.4 Å². The predicted octanol–water partition coefficient (Wildman–Crippen LogP) is 1.13. The van der Waals surface area contributed by atoms with E-state index < -0.39 is 48.5 Å². The van der Waals surface area contributed by atoms with Gasteiger partial charge in [-0.3, -0.25) is 4.79 Å². The van der Waals surface area contributed by atoms with Crippen molar-refractivity contribution >= 4 is 16.9 Å². The van der Waals surface area contributed by atoms with Gasteiger partial charge in [0.2, 0.25) is 17.2 Å². The second-order valence-corrected chi connectivity index (χ2v) is 9.55. The number of benzene rings is 1. The van der Waals surface area contributed by atoms with Crippen molar-refractivity contribution < 1.29 is 53.3 Å². The topological polar surface area (TPSA) is 146 Å². The molecule has 0 bridgehead atoms. The molecule has 0 saturated carbocycles. The van der Waals surface area contributed by atoms with Crippen LogP contribution in [0.15, 0.2) is 0 Å². The third kappa shape index (κ3) is 5.70. The Morgan fingerprint density at radius 3 is 2.20 bits per heavy atom. The molecule has 2 aliphatic rings. The number of hydrogen-bond donors (Lipinski definition) is 3. The Bertz CT molecular complexity index is 898. The molecule has 0 radical (unpaired) electrons. The highest BCUT2D eigenvalue weighted by atomic mass is 32.2. The lowest BCUT2D eigenvalue weighted by Crippen LogP contribution is -2.45. The molecule has 0 amide bonds. The predicted molar refractivity (Wildman–Crippen MR) is 125 cm³/mol. The molecule has 8 unspecified atom stereocenters. The van der Waals surface area contributed by atoms with Gasteiger partial charge in [-0.2, -0.15) is 0 Å². The van der Waals surface area contributed by atoms with Gasteiger partial charge in [0.15, 0.2) is 30.2 Å². The van der Waals surface area contributed by atoms with Crippen molar-refractivity contribution in [3.8, 4) is 17.2 Å². The van der Waals surface area contributed by atoms with Gasteiger partial charge in [0.25, 0.3) is 0 Å². The van der Waals surface area contributed by atoms with E-state index in [1.165, 1.54) is 28.4 Å². The highest BCUT2D eigenvalue weighted by molar-refractivity contribution is 8.14. The summed E-state index contributed by atoms with van der Waals surface area (Å²) in [6.07, 6.45) is -5.83. The van der Waals surface area contributed by atoms with E-state index in [1.807, 2.05) is 0 Å². The Hall–Kier alpha value is -1.64. The van der Waals surface area contributed by atoms with Crippen molar-refractivity contribution in [2.75, 3.05) is 28.4 Å². The number of methoxy groups -OCH3 is 4. The normalized spacial score (nSPS) is 29.9. The van der Waals surface area contributed by atoms with E-state index in [2.05, 4.69) is 0 Å². The Morgan fingerprint density at radius 2 is 1.69 bits per heavy atom. The summed E-state index contributed by atoms with van der Waals surface area (Å²) in [6.45, 7) is 5.14. The lowest BCUT2D eigenvalue weighted by Gasteiger charge is -2.35. The molecule has 3 rings (SSSR count). The molecule has 2 heterocycles. The number of aliphatic hydroxyl groups is 3. The van der Waals surface area contributed by atoms with Crippen LogP contribution in [0.5, 0.6) is 17.2 Å². The van der Waals surface area contributed by atoms with E-state index in [0.29, 0.717) is 11.1 Å². The van der Waals surface area contributed by atoms with Crippen molar-refractivity contribution in [3.63, 3.8) is 0 Å². The first kappa shape index (κ1) is 27.9. The van der Waals surface area contributed by atoms with E-state index in [1.54, 1.807) is 20.8 Å². The van der Waals surface area contributed by atoms with E-state index >= 15 is 0 Å². The fraction of sp³-hybridized carbons (Fsp3) is 0.696. The zero-order valence-electron chi connectivity index (χ0n) is 20.8. The van der Waals surface area contributed by atoms with Gasteiger partial charge in [-0.15, -0.1) is 0 Å². The Labute approximate surface area is 208 Å². The fourth-order valence-electron chi connectivity index (χ4n) is 4.21. The summed E-state index contributed by atoms with van der Waals surface area (Å²) >= 11 is 0.905. The summed E-state index contributed by atoms with van der Waals surface area (Å²) in [5, 5.41) is 29.9. The lowest BCUT2D eigenvalue weighted by molar-refractivity contribution is -0.179. The van der Waals surface area contributed by atoms with Crippen LogP contribution in [0.1, 0.15) is 34.8 Å². The van der Waals surface area contributed by atoms with Crippen LogP contribution in [0.25, 0.3) is 0 Å². The van der Waals surface area contributed by atoms with Gasteiger partial charge in [0.1, 0.15) is 6.10 Å². The van der Waals surface area contributed by atoms with E-state index in [0.717, 1.165) is 11.8 Å². The molecular formula is C23H34O11S. The summed E-state index contributed by atoms with van der Waals surface area (Å²) in [6, 6.07) is 0. The number of aliphatic hydroxyl groups excluding tert-OH is 3. The molecule has 2 saturated heterocycles. The SMILES string of the molecule is COc1c(OC(O)C(OC)C2OC2OC)c(C)c(C)c(C(=O)SC2C(O)CC(O)OC2C)c1OC. The van der Waals surface area contributed by atoms with E-state index in [-0.39, 0.29) is 34.3 Å². The van der Waals surface area contributed by atoms with Gasteiger partial charge in [0.05, 0.1) is 37.2 Å². The summed E-state index contributed by atoms with van der Waals surface area (Å²) in [5.74, 6) is 0.433. The Balaban J connectivity index is 1.92. The molecule has 0 aliphatic carbocycles. The molecule has 35 heavy (non-hydrogen) atoms. The molecule has 2 aliphatic heterocycles. The maximum absolute atomic E-state index is 13.4. The molecule has 0 aromatic heterocycles. The van der Waals surface area contributed by atoms with Crippen LogP contribution in [0.3, 0.4) is 0 Å². The van der Waals surface area contributed by atoms with Crippen molar-refractivity contribution in [1.29, 1.82) is 0 Å². The standard InChI is InChI=1S/C23H34O11S/c1-9-10(2)15(33-21(26)18(30-6)19-23(31-7)34-19)17(29-5)16(28-4)14(9)22(27)35-20-11(3)32-13(25)8-12(20)24/h11-13,18-21,23-26H,8H2,1-7H3. The van der Waals surface area contributed by atoms with Crippen molar-refractivity contribution in [2.24, 2.45) is 0 Å². The molecular weight excluding hydrogens is 484 g/mol. The highest BCUT2D eigenvalue weighted by Gasteiger charge is 2.50. The molecule has 1 aromatic carbocycles. The maximum atomic E-state index is 13.4. The molecule has 3 N–H and O–H groups in total. The zero-order chi connectivity index (χ0) is 26.0. The third-order valence-electron chi connectivity index (χ3n) is 6.26. The minimum absolute atomic E-state index is 0.00766. The van der Waals surface area contributed by atoms with Gasteiger partial charge in [-0.25, -0.2) is 0 Å². The summed E-state index contributed by atoms with van der Waals surface area (Å²) < 4.78 is 38.1. The maximum Gasteiger partial charge on any atom is 0.226 e. The second-order valence-electron chi connectivity index (χ2n) is 8.40. The Kier molecular flexibility index (Phi) is 9.27. The largest absolute Gasteiger partial charge is 0.492 e. The van der Waals surface area contributed by atoms with E-state index in [4.69, 9.17) is 33.2 Å². The van der Waals surface area contributed by atoms with Crippen LogP contribution >= 0.6 is 11.8 Å². The molecule has 11 nitrogen and oxygen atoms in total. The monoisotopic (exact) mass is 518 g/mol.